The van der Waals surface area contributed by atoms with Crippen LogP contribution in [0.3, 0.4) is 0 Å². The summed E-state index contributed by atoms with van der Waals surface area (Å²) >= 11 is 0. The number of halogens is 3. The van der Waals surface area contributed by atoms with Gasteiger partial charge in [-0.1, -0.05) is 13.8 Å². The van der Waals surface area contributed by atoms with Crippen LogP contribution in [0.4, 0.5) is 18.9 Å². The van der Waals surface area contributed by atoms with Gasteiger partial charge in [0.05, 0.1) is 23.8 Å². The van der Waals surface area contributed by atoms with Crippen molar-refractivity contribution in [2.75, 3.05) is 37.7 Å². The second-order valence-corrected chi connectivity index (χ2v) is 8.63. The monoisotopic (exact) mass is 409 g/mol. The van der Waals surface area contributed by atoms with Crippen LogP contribution in [0.25, 0.3) is 0 Å². The zero-order valence-corrected chi connectivity index (χ0v) is 16.7. The molecule has 1 aromatic carbocycles. The molecule has 5 nitrogen and oxygen atoms in total. The molecule has 2 atom stereocenters. The van der Waals surface area contributed by atoms with Crippen LogP contribution in [0, 0.1) is 28.6 Å². The summed E-state index contributed by atoms with van der Waals surface area (Å²) in [7, 11) is 0. The van der Waals surface area contributed by atoms with Crippen LogP contribution in [0.1, 0.15) is 37.8 Å². The van der Waals surface area contributed by atoms with E-state index in [1.807, 2.05) is 23.6 Å². The first-order valence-electron chi connectivity index (χ1n) is 9.84. The Morgan fingerprint density at radius 3 is 2.69 bits per heavy atom. The standard InChI is InChI=1S/C21H26F3N3O2/c1-14(2)7-19(29)26-6-5-20(13-28)12-27(11-16(20)10-26)17-4-3-15(9-25)18(8-17)21(22,23)24/h3-4,8,14,16,28H,5-7,10-13H2,1-2H3/t16-,20+/m1/s1. The summed E-state index contributed by atoms with van der Waals surface area (Å²) in [4.78, 5) is 16.1. The topological polar surface area (TPSA) is 67.6 Å². The number of carbonyl (C=O) groups excluding carboxylic acids is 1. The zero-order chi connectivity index (χ0) is 21.4. The van der Waals surface area contributed by atoms with Gasteiger partial charge in [0, 0.05) is 49.6 Å². The van der Waals surface area contributed by atoms with E-state index in [9.17, 15) is 23.1 Å². The highest BCUT2D eigenvalue weighted by molar-refractivity contribution is 5.76. The molecule has 0 aromatic heterocycles. The maximum atomic E-state index is 13.3. The number of aliphatic hydroxyl groups excluding tert-OH is 1. The van der Waals surface area contributed by atoms with Gasteiger partial charge in [0.15, 0.2) is 0 Å². The maximum Gasteiger partial charge on any atom is 0.417 e. The minimum absolute atomic E-state index is 0.0117. The summed E-state index contributed by atoms with van der Waals surface area (Å²) < 4.78 is 40.0. The van der Waals surface area contributed by atoms with E-state index < -0.39 is 22.7 Å². The van der Waals surface area contributed by atoms with Gasteiger partial charge in [0.2, 0.25) is 5.91 Å². The van der Waals surface area contributed by atoms with Gasteiger partial charge < -0.3 is 14.9 Å². The minimum Gasteiger partial charge on any atom is -0.396 e. The predicted octanol–water partition coefficient (Wildman–Crippen LogP) is 3.27. The van der Waals surface area contributed by atoms with E-state index in [-0.39, 0.29) is 24.3 Å². The number of hydrogen-bond donors (Lipinski definition) is 1. The quantitative estimate of drug-likeness (QED) is 0.829. The van der Waals surface area contributed by atoms with Crippen molar-refractivity contribution in [2.45, 2.75) is 32.9 Å². The average molecular weight is 409 g/mol. The third kappa shape index (κ3) is 4.20. The van der Waals surface area contributed by atoms with Crippen molar-refractivity contribution in [3.63, 3.8) is 0 Å². The Bertz CT molecular complexity index is 818. The fourth-order valence-corrected chi connectivity index (χ4v) is 4.50. The number of carbonyl (C=O) groups is 1. The number of fused-ring (bicyclic) bond motifs is 1. The Labute approximate surface area is 168 Å². The lowest BCUT2D eigenvalue weighted by Crippen LogP contribution is -2.50. The van der Waals surface area contributed by atoms with Gasteiger partial charge >= 0.3 is 6.18 Å². The molecule has 0 aliphatic carbocycles. The molecule has 29 heavy (non-hydrogen) atoms. The SMILES string of the molecule is CC(C)CC(=O)N1CC[C@@]2(CO)CN(c3ccc(C#N)c(C(F)(F)F)c3)C[C@H]2C1. The number of aliphatic hydroxyl groups is 1. The minimum atomic E-state index is -4.61. The molecule has 0 radical (unpaired) electrons. The fraction of sp³-hybridized carbons (Fsp3) is 0.619. The first kappa shape index (κ1) is 21.4. The molecule has 158 valence electrons. The summed E-state index contributed by atoms with van der Waals surface area (Å²) in [5.74, 6) is 0.330. The Kier molecular flexibility index (Phi) is 5.81. The fourth-order valence-electron chi connectivity index (χ4n) is 4.50. The molecule has 1 amide bonds. The lowest BCUT2D eigenvalue weighted by Gasteiger charge is -2.42. The second-order valence-electron chi connectivity index (χ2n) is 8.63. The Morgan fingerprint density at radius 2 is 2.10 bits per heavy atom. The zero-order valence-electron chi connectivity index (χ0n) is 16.7. The summed E-state index contributed by atoms with van der Waals surface area (Å²) in [5.41, 5.74) is -1.39. The third-order valence-electron chi connectivity index (χ3n) is 6.18. The number of hydrogen-bond acceptors (Lipinski definition) is 4. The number of nitrogens with zero attached hydrogens (tertiary/aromatic N) is 3. The summed E-state index contributed by atoms with van der Waals surface area (Å²) in [6.45, 7) is 5.87. The molecule has 1 aromatic rings. The van der Waals surface area contributed by atoms with Gasteiger partial charge in [-0.05, 0) is 30.5 Å². The van der Waals surface area contributed by atoms with Crippen molar-refractivity contribution in [3.05, 3.63) is 29.3 Å². The van der Waals surface area contributed by atoms with Crippen molar-refractivity contribution >= 4 is 11.6 Å². The molecule has 3 rings (SSSR count). The molecule has 2 saturated heterocycles. The van der Waals surface area contributed by atoms with Gasteiger partial charge in [-0.25, -0.2) is 0 Å². The van der Waals surface area contributed by atoms with Gasteiger partial charge in [-0.3, -0.25) is 4.79 Å². The first-order chi connectivity index (χ1) is 13.6. The van der Waals surface area contributed by atoms with E-state index >= 15 is 0 Å². The number of piperidine rings is 1. The molecule has 2 fully saturated rings. The van der Waals surface area contributed by atoms with Crippen molar-refractivity contribution in [1.29, 1.82) is 5.26 Å². The molecule has 0 bridgehead atoms. The Hall–Kier alpha value is -2.27. The van der Waals surface area contributed by atoms with Gasteiger partial charge in [-0.2, -0.15) is 18.4 Å². The summed E-state index contributed by atoms with van der Waals surface area (Å²) in [6.07, 6.45) is -3.52. The van der Waals surface area contributed by atoms with Crippen molar-refractivity contribution in [1.82, 2.24) is 4.90 Å². The van der Waals surface area contributed by atoms with Crippen LogP contribution in [-0.2, 0) is 11.0 Å². The lowest BCUT2D eigenvalue weighted by molar-refractivity contribution is -0.138. The van der Waals surface area contributed by atoms with E-state index in [1.54, 1.807) is 6.07 Å². The highest BCUT2D eigenvalue weighted by Crippen LogP contribution is 2.45. The number of anilines is 1. The summed E-state index contributed by atoms with van der Waals surface area (Å²) in [5, 5.41) is 19.1. The lowest BCUT2D eigenvalue weighted by atomic mass is 9.73. The van der Waals surface area contributed by atoms with E-state index in [0.717, 1.165) is 6.07 Å². The van der Waals surface area contributed by atoms with Crippen molar-refractivity contribution in [3.8, 4) is 6.07 Å². The Balaban J connectivity index is 1.83. The highest BCUT2D eigenvalue weighted by atomic mass is 19.4. The molecule has 2 aliphatic heterocycles. The van der Waals surface area contributed by atoms with Crippen LogP contribution in [-0.4, -0.2) is 48.7 Å². The molecular weight excluding hydrogens is 383 g/mol. The largest absolute Gasteiger partial charge is 0.417 e. The van der Waals surface area contributed by atoms with E-state index in [1.165, 1.54) is 12.1 Å². The predicted molar refractivity (Wildman–Crippen MR) is 102 cm³/mol. The first-order valence-corrected chi connectivity index (χ1v) is 9.84. The normalized spacial score (nSPS) is 24.6. The number of amides is 1. The van der Waals surface area contributed by atoms with Crippen LogP contribution >= 0.6 is 0 Å². The van der Waals surface area contributed by atoms with Crippen LogP contribution < -0.4 is 4.90 Å². The van der Waals surface area contributed by atoms with Gasteiger partial charge in [-0.15, -0.1) is 0 Å². The molecule has 0 unspecified atom stereocenters. The number of rotatable bonds is 4. The molecule has 2 aliphatic rings. The number of alkyl halides is 3. The number of likely N-dealkylation sites (tertiary alicyclic amines) is 1. The molecule has 2 heterocycles. The Morgan fingerprint density at radius 1 is 1.38 bits per heavy atom. The number of nitriles is 1. The second kappa shape index (κ2) is 7.86. The average Bonchev–Trinajstić information content (AvgIpc) is 3.05. The van der Waals surface area contributed by atoms with E-state index in [0.29, 0.717) is 44.7 Å². The van der Waals surface area contributed by atoms with Crippen LogP contribution in [0.2, 0.25) is 0 Å². The summed E-state index contributed by atoms with van der Waals surface area (Å²) in [6, 6.07) is 5.34. The van der Waals surface area contributed by atoms with Crippen molar-refractivity contribution in [2.24, 2.45) is 17.3 Å². The highest BCUT2D eigenvalue weighted by Gasteiger charge is 2.50. The molecular formula is C21H26F3N3O2. The van der Waals surface area contributed by atoms with Crippen molar-refractivity contribution < 1.29 is 23.1 Å². The van der Waals surface area contributed by atoms with E-state index in [4.69, 9.17) is 5.26 Å². The molecule has 1 N–H and O–H groups in total. The maximum absolute atomic E-state index is 13.3. The van der Waals surface area contributed by atoms with Gasteiger partial charge in [0.1, 0.15) is 0 Å². The molecule has 0 saturated carbocycles. The van der Waals surface area contributed by atoms with Crippen LogP contribution in [0.5, 0.6) is 0 Å². The van der Waals surface area contributed by atoms with E-state index in [2.05, 4.69) is 0 Å². The molecule has 0 spiro atoms. The van der Waals surface area contributed by atoms with Gasteiger partial charge in [0.25, 0.3) is 0 Å². The van der Waals surface area contributed by atoms with Crippen LogP contribution in [0.15, 0.2) is 18.2 Å². The molecule has 8 heteroatoms. The number of benzene rings is 1. The smallest absolute Gasteiger partial charge is 0.396 e. The third-order valence-corrected chi connectivity index (χ3v) is 6.18.